The largest absolute Gasteiger partial charge is 0.367 e. The third kappa shape index (κ3) is 3.63. The first-order chi connectivity index (χ1) is 9.27. The Labute approximate surface area is 109 Å². The third-order valence-corrected chi connectivity index (χ3v) is 2.34. The predicted molar refractivity (Wildman–Crippen MR) is 69.9 cm³/mol. The van der Waals surface area contributed by atoms with Crippen LogP contribution in [0.25, 0.3) is 0 Å². The van der Waals surface area contributed by atoms with Crippen LogP contribution in [0.5, 0.6) is 0 Å². The van der Waals surface area contributed by atoms with Crippen LogP contribution >= 0.6 is 0 Å². The molecule has 0 radical (unpaired) electrons. The molecule has 7 heteroatoms. The van der Waals surface area contributed by atoms with Crippen molar-refractivity contribution in [2.45, 2.75) is 0 Å². The molecule has 0 fully saturated rings. The van der Waals surface area contributed by atoms with E-state index in [9.17, 15) is 9.59 Å². The molecule has 1 amide bonds. The minimum absolute atomic E-state index is 0.0991. The van der Waals surface area contributed by atoms with Gasteiger partial charge in [-0.15, -0.1) is 0 Å². The van der Waals surface area contributed by atoms with E-state index in [4.69, 9.17) is 0 Å². The van der Waals surface area contributed by atoms with E-state index >= 15 is 0 Å². The van der Waals surface area contributed by atoms with Gasteiger partial charge in [-0.05, 0) is 12.1 Å². The van der Waals surface area contributed by atoms with E-state index in [-0.39, 0.29) is 5.56 Å². The number of nitrogens with zero attached hydrogens (tertiary/aromatic N) is 2. The molecule has 3 N–H and O–H groups in total. The highest BCUT2D eigenvalue weighted by atomic mass is 16.2. The summed E-state index contributed by atoms with van der Waals surface area (Å²) in [6, 6.07) is 3.08. The van der Waals surface area contributed by atoms with E-state index in [0.29, 0.717) is 18.9 Å². The molecule has 0 atom stereocenters. The molecule has 2 heterocycles. The number of amides is 1. The SMILES string of the molecule is O=C(NCCNc1cnccn1)c1ccc[nH]c1=O. The van der Waals surface area contributed by atoms with E-state index in [1.165, 1.54) is 12.3 Å². The van der Waals surface area contributed by atoms with E-state index in [2.05, 4.69) is 25.6 Å². The fourth-order valence-electron chi connectivity index (χ4n) is 1.45. The number of aromatic nitrogens is 3. The zero-order valence-corrected chi connectivity index (χ0v) is 10.1. The number of pyridine rings is 1. The van der Waals surface area contributed by atoms with Gasteiger partial charge in [-0.3, -0.25) is 14.6 Å². The number of aromatic amines is 1. The van der Waals surface area contributed by atoms with Gasteiger partial charge >= 0.3 is 0 Å². The first-order valence-electron chi connectivity index (χ1n) is 5.73. The van der Waals surface area contributed by atoms with Gasteiger partial charge < -0.3 is 15.6 Å². The Balaban J connectivity index is 1.79. The summed E-state index contributed by atoms with van der Waals surface area (Å²) in [7, 11) is 0. The minimum Gasteiger partial charge on any atom is -0.367 e. The smallest absolute Gasteiger partial charge is 0.260 e. The molecule has 19 heavy (non-hydrogen) atoms. The highest BCUT2D eigenvalue weighted by molar-refractivity contribution is 5.93. The second kappa shape index (κ2) is 6.29. The Hall–Kier alpha value is -2.70. The first-order valence-corrected chi connectivity index (χ1v) is 5.73. The Morgan fingerprint density at radius 2 is 2.21 bits per heavy atom. The Morgan fingerprint density at radius 3 is 2.95 bits per heavy atom. The van der Waals surface area contributed by atoms with Gasteiger partial charge in [0.05, 0.1) is 6.20 Å². The van der Waals surface area contributed by atoms with Gasteiger partial charge in [-0.2, -0.15) is 0 Å². The number of nitrogens with one attached hydrogen (secondary N) is 3. The number of carbonyl (C=O) groups excluding carboxylic acids is 1. The number of anilines is 1. The number of H-pyrrole nitrogens is 1. The lowest BCUT2D eigenvalue weighted by molar-refractivity contribution is 0.0953. The van der Waals surface area contributed by atoms with Crippen LogP contribution in [0.4, 0.5) is 5.82 Å². The predicted octanol–water partition coefficient (Wildman–Crippen LogP) is 0.00680. The van der Waals surface area contributed by atoms with Crippen LogP contribution in [0.3, 0.4) is 0 Å². The van der Waals surface area contributed by atoms with Crippen LogP contribution in [-0.4, -0.2) is 33.9 Å². The van der Waals surface area contributed by atoms with Crippen molar-refractivity contribution in [2.75, 3.05) is 18.4 Å². The maximum Gasteiger partial charge on any atom is 0.260 e. The second-order valence-corrected chi connectivity index (χ2v) is 3.69. The maximum absolute atomic E-state index is 11.7. The van der Waals surface area contributed by atoms with Crippen LogP contribution in [0.1, 0.15) is 10.4 Å². The lowest BCUT2D eigenvalue weighted by Crippen LogP contribution is -2.32. The summed E-state index contributed by atoms with van der Waals surface area (Å²) in [5, 5.41) is 5.63. The maximum atomic E-state index is 11.7. The molecule has 2 rings (SSSR count). The van der Waals surface area contributed by atoms with E-state index in [0.717, 1.165) is 0 Å². The Bertz CT molecular complexity index is 596. The summed E-state index contributed by atoms with van der Waals surface area (Å²) < 4.78 is 0. The Morgan fingerprint density at radius 1 is 1.32 bits per heavy atom. The number of hydrogen-bond acceptors (Lipinski definition) is 5. The summed E-state index contributed by atoms with van der Waals surface area (Å²) >= 11 is 0. The van der Waals surface area contributed by atoms with Gasteiger partial charge in [-0.25, -0.2) is 4.98 Å². The Kier molecular flexibility index (Phi) is 4.22. The number of hydrogen-bond donors (Lipinski definition) is 3. The van der Waals surface area contributed by atoms with Crippen molar-refractivity contribution in [3.05, 3.63) is 52.8 Å². The molecule has 7 nitrogen and oxygen atoms in total. The van der Waals surface area contributed by atoms with Crippen molar-refractivity contribution in [2.24, 2.45) is 0 Å². The van der Waals surface area contributed by atoms with Gasteiger partial charge in [0.2, 0.25) is 0 Å². The van der Waals surface area contributed by atoms with Crippen LogP contribution in [0.2, 0.25) is 0 Å². The average molecular weight is 259 g/mol. The van der Waals surface area contributed by atoms with E-state index in [1.54, 1.807) is 24.7 Å². The molecule has 2 aromatic heterocycles. The number of carbonyl (C=O) groups is 1. The summed E-state index contributed by atoms with van der Waals surface area (Å²) in [5.74, 6) is 0.233. The van der Waals surface area contributed by atoms with Crippen LogP contribution in [0, 0.1) is 0 Å². The molecule has 0 aromatic carbocycles. The second-order valence-electron chi connectivity index (χ2n) is 3.69. The summed E-state index contributed by atoms with van der Waals surface area (Å²) in [6.07, 6.45) is 6.22. The van der Waals surface area contributed by atoms with Crippen molar-refractivity contribution in [3.8, 4) is 0 Å². The zero-order chi connectivity index (χ0) is 13.5. The molecule has 0 unspecified atom stereocenters. The summed E-state index contributed by atoms with van der Waals surface area (Å²) in [5.41, 5.74) is -0.302. The highest BCUT2D eigenvalue weighted by Gasteiger charge is 2.07. The summed E-state index contributed by atoms with van der Waals surface area (Å²) in [4.78, 5) is 33.4. The normalized spacial score (nSPS) is 9.89. The number of rotatable bonds is 5. The zero-order valence-electron chi connectivity index (χ0n) is 10.1. The van der Waals surface area contributed by atoms with E-state index < -0.39 is 11.5 Å². The molecule has 0 saturated carbocycles. The fraction of sp³-hybridized carbons (Fsp3) is 0.167. The van der Waals surface area contributed by atoms with E-state index in [1.807, 2.05) is 0 Å². The lowest BCUT2D eigenvalue weighted by atomic mass is 10.2. The third-order valence-electron chi connectivity index (χ3n) is 2.34. The quantitative estimate of drug-likeness (QED) is 0.657. The minimum atomic E-state index is -0.401. The molecular weight excluding hydrogens is 246 g/mol. The van der Waals surface area contributed by atoms with Crippen LogP contribution in [-0.2, 0) is 0 Å². The van der Waals surface area contributed by atoms with Gasteiger partial charge in [0, 0.05) is 31.7 Å². The highest BCUT2D eigenvalue weighted by Crippen LogP contribution is 1.95. The van der Waals surface area contributed by atoms with Crippen LogP contribution < -0.4 is 16.2 Å². The van der Waals surface area contributed by atoms with Crippen molar-refractivity contribution in [3.63, 3.8) is 0 Å². The molecule has 0 aliphatic carbocycles. The van der Waals surface area contributed by atoms with Crippen LogP contribution in [0.15, 0.2) is 41.7 Å². The summed E-state index contributed by atoms with van der Waals surface area (Å²) in [6.45, 7) is 0.874. The van der Waals surface area contributed by atoms with Gasteiger partial charge in [0.1, 0.15) is 11.4 Å². The average Bonchev–Trinajstić information content (AvgIpc) is 2.45. The van der Waals surface area contributed by atoms with Crippen molar-refractivity contribution >= 4 is 11.7 Å². The molecule has 0 bridgehead atoms. The first kappa shape index (κ1) is 12.7. The molecule has 0 aliphatic rings. The van der Waals surface area contributed by atoms with Gasteiger partial charge in [0.25, 0.3) is 11.5 Å². The van der Waals surface area contributed by atoms with Crippen molar-refractivity contribution < 1.29 is 4.79 Å². The molecule has 0 aliphatic heterocycles. The lowest BCUT2D eigenvalue weighted by Gasteiger charge is -2.06. The topological polar surface area (TPSA) is 99.8 Å². The standard InChI is InChI=1S/C12H13N5O2/c18-11-9(2-1-3-16-11)12(19)17-7-6-15-10-8-13-4-5-14-10/h1-5,8H,6-7H2,(H,14,15)(H,16,18)(H,17,19). The molecule has 2 aromatic rings. The molecule has 0 spiro atoms. The molecule has 98 valence electrons. The molecular formula is C12H13N5O2. The molecule has 0 saturated heterocycles. The monoisotopic (exact) mass is 259 g/mol. The van der Waals surface area contributed by atoms with Crippen molar-refractivity contribution in [1.82, 2.24) is 20.3 Å². The van der Waals surface area contributed by atoms with Gasteiger partial charge in [-0.1, -0.05) is 0 Å². The fourth-order valence-corrected chi connectivity index (χ4v) is 1.45. The van der Waals surface area contributed by atoms with Crippen molar-refractivity contribution in [1.29, 1.82) is 0 Å². The van der Waals surface area contributed by atoms with Gasteiger partial charge in [0.15, 0.2) is 0 Å².